The fourth-order valence-electron chi connectivity index (χ4n) is 1.76. The highest BCUT2D eigenvalue weighted by Crippen LogP contribution is 2.24. The van der Waals surface area contributed by atoms with Gasteiger partial charge in [0.25, 0.3) is 0 Å². The molecule has 1 N–H and O–H groups in total. The molecular formula is C13H19F2N. The van der Waals surface area contributed by atoms with Crippen LogP contribution in [0, 0.1) is 17.6 Å². The molecule has 0 spiro atoms. The quantitative estimate of drug-likeness (QED) is 0.809. The Labute approximate surface area is 95.9 Å². The molecule has 3 heteroatoms. The van der Waals surface area contributed by atoms with Crippen molar-refractivity contribution in [1.29, 1.82) is 0 Å². The van der Waals surface area contributed by atoms with Gasteiger partial charge in [-0.3, -0.25) is 0 Å². The van der Waals surface area contributed by atoms with Crippen molar-refractivity contribution < 1.29 is 8.78 Å². The maximum Gasteiger partial charge on any atom is 0.128 e. The van der Waals surface area contributed by atoms with Crippen LogP contribution in [0.2, 0.25) is 0 Å². The lowest BCUT2D eigenvalue weighted by Gasteiger charge is -2.23. The van der Waals surface area contributed by atoms with Gasteiger partial charge in [0.05, 0.1) is 0 Å². The Kier molecular flexibility index (Phi) is 4.87. The molecule has 0 amide bonds. The monoisotopic (exact) mass is 227 g/mol. The van der Waals surface area contributed by atoms with Gasteiger partial charge < -0.3 is 5.32 Å². The van der Waals surface area contributed by atoms with Crippen molar-refractivity contribution in [2.45, 2.75) is 33.2 Å². The minimum absolute atomic E-state index is 0.129. The Hall–Kier alpha value is -0.960. The van der Waals surface area contributed by atoms with Crippen LogP contribution in [0.1, 0.15) is 38.8 Å². The zero-order chi connectivity index (χ0) is 12.1. The molecule has 1 unspecified atom stereocenters. The number of hydrogen-bond acceptors (Lipinski definition) is 1. The summed E-state index contributed by atoms with van der Waals surface area (Å²) >= 11 is 0. The molecule has 0 bridgehead atoms. The molecule has 1 aromatic rings. The lowest BCUT2D eigenvalue weighted by Crippen LogP contribution is -2.27. The summed E-state index contributed by atoms with van der Waals surface area (Å²) in [6.45, 7) is 6.85. The molecule has 0 aliphatic carbocycles. The van der Waals surface area contributed by atoms with Gasteiger partial charge in [0.15, 0.2) is 0 Å². The lowest BCUT2D eigenvalue weighted by molar-refractivity contribution is 0.396. The van der Waals surface area contributed by atoms with Crippen molar-refractivity contribution >= 4 is 0 Å². The summed E-state index contributed by atoms with van der Waals surface area (Å²) in [7, 11) is 0. The minimum Gasteiger partial charge on any atom is -0.310 e. The number of hydrogen-bond donors (Lipinski definition) is 1. The van der Waals surface area contributed by atoms with Crippen LogP contribution in [0.25, 0.3) is 0 Å². The molecule has 90 valence electrons. The van der Waals surface area contributed by atoms with E-state index in [9.17, 15) is 8.78 Å². The van der Waals surface area contributed by atoms with Crippen LogP contribution < -0.4 is 5.32 Å². The number of benzene rings is 1. The summed E-state index contributed by atoms with van der Waals surface area (Å²) in [5, 5.41) is 3.25. The molecule has 0 heterocycles. The van der Waals surface area contributed by atoms with Crippen molar-refractivity contribution in [3.8, 4) is 0 Å². The largest absolute Gasteiger partial charge is 0.310 e. The third-order valence-corrected chi connectivity index (χ3v) is 2.57. The number of rotatable bonds is 5. The summed E-state index contributed by atoms with van der Waals surface area (Å²) < 4.78 is 26.7. The number of halogens is 2. The fraction of sp³-hybridized carbons (Fsp3) is 0.538. The van der Waals surface area contributed by atoms with Crippen LogP contribution in [-0.2, 0) is 0 Å². The van der Waals surface area contributed by atoms with Gasteiger partial charge in [0.2, 0.25) is 0 Å². The van der Waals surface area contributed by atoms with Gasteiger partial charge in [-0.2, -0.15) is 0 Å². The highest BCUT2D eigenvalue weighted by Gasteiger charge is 2.19. The highest BCUT2D eigenvalue weighted by atomic mass is 19.1. The predicted octanol–water partition coefficient (Wildman–Crippen LogP) is 3.66. The molecule has 0 radical (unpaired) electrons. The summed E-state index contributed by atoms with van der Waals surface area (Å²) in [5.74, 6) is -0.507. The molecule has 1 atom stereocenters. The van der Waals surface area contributed by atoms with Gasteiger partial charge in [-0.15, -0.1) is 0 Å². The topological polar surface area (TPSA) is 12.0 Å². The summed E-state index contributed by atoms with van der Waals surface area (Å²) in [5.41, 5.74) is 0.420. The third-order valence-electron chi connectivity index (χ3n) is 2.57. The number of nitrogens with one attached hydrogen (secondary N) is 1. The van der Waals surface area contributed by atoms with Crippen LogP contribution in [-0.4, -0.2) is 6.54 Å². The van der Waals surface area contributed by atoms with E-state index in [2.05, 4.69) is 5.32 Å². The highest BCUT2D eigenvalue weighted by molar-refractivity contribution is 5.22. The Balaban J connectivity index is 2.95. The van der Waals surface area contributed by atoms with Crippen LogP contribution >= 0.6 is 0 Å². The molecule has 0 fully saturated rings. The molecule has 16 heavy (non-hydrogen) atoms. The first-order chi connectivity index (χ1) is 7.56. The van der Waals surface area contributed by atoms with E-state index in [-0.39, 0.29) is 23.6 Å². The van der Waals surface area contributed by atoms with E-state index in [0.717, 1.165) is 19.0 Å². The fourth-order valence-corrected chi connectivity index (χ4v) is 1.76. The van der Waals surface area contributed by atoms with Gasteiger partial charge in [-0.1, -0.05) is 20.8 Å². The van der Waals surface area contributed by atoms with Gasteiger partial charge in [0, 0.05) is 11.6 Å². The van der Waals surface area contributed by atoms with E-state index in [1.807, 2.05) is 20.8 Å². The Morgan fingerprint density at radius 3 is 2.50 bits per heavy atom. The molecular weight excluding hydrogens is 208 g/mol. The van der Waals surface area contributed by atoms with Crippen LogP contribution in [0.15, 0.2) is 18.2 Å². The summed E-state index contributed by atoms with van der Waals surface area (Å²) in [4.78, 5) is 0. The van der Waals surface area contributed by atoms with Gasteiger partial charge >= 0.3 is 0 Å². The smallest absolute Gasteiger partial charge is 0.128 e. The molecule has 1 rings (SSSR count). The standard InChI is InChI=1S/C13H19F2N/c1-4-7-16-13(9(2)3)11-8-10(14)5-6-12(11)15/h5-6,8-9,13,16H,4,7H2,1-3H3. The molecule has 1 aromatic carbocycles. The molecule has 0 aliphatic rings. The average Bonchev–Trinajstić information content (AvgIpc) is 2.23. The molecule has 0 aliphatic heterocycles. The van der Waals surface area contributed by atoms with Gasteiger partial charge in [-0.25, -0.2) is 8.78 Å². The van der Waals surface area contributed by atoms with E-state index in [0.29, 0.717) is 5.56 Å². The molecule has 0 aromatic heterocycles. The van der Waals surface area contributed by atoms with Crippen LogP contribution in [0.3, 0.4) is 0 Å². The minimum atomic E-state index is -0.389. The van der Waals surface area contributed by atoms with Gasteiger partial charge in [-0.05, 0) is 37.1 Å². The van der Waals surface area contributed by atoms with E-state index in [1.54, 1.807) is 0 Å². The summed E-state index contributed by atoms with van der Waals surface area (Å²) in [6, 6.07) is 3.49. The van der Waals surface area contributed by atoms with E-state index in [1.165, 1.54) is 12.1 Å². The second-order valence-corrected chi connectivity index (χ2v) is 4.34. The maximum atomic E-state index is 13.6. The molecule has 1 nitrogen and oxygen atoms in total. The molecule has 0 saturated heterocycles. The van der Waals surface area contributed by atoms with E-state index < -0.39 is 0 Å². The van der Waals surface area contributed by atoms with Crippen molar-refractivity contribution in [2.75, 3.05) is 6.54 Å². The lowest BCUT2D eigenvalue weighted by atomic mass is 9.95. The second kappa shape index (κ2) is 5.94. The van der Waals surface area contributed by atoms with E-state index >= 15 is 0 Å². The first-order valence-corrected chi connectivity index (χ1v) is 5.74. The Bertz CT molecular complexity index is 337. The van der Waals surface area contributed by atoms with Crippen LogP contribution in [0.5, 0.6) is 0 Å². The third kappa shape index (κ3) is 3.27. The van der Waals surface area contributed by atoms with Crippen molar-refractivity contribution in [3.63, 3.8) is 0 Å². The predicted molar refractivity (Wildman–Crippen MR) is 62.2 cm³/mol. The van der Waals surface area contributed by atoms with Crippen molar-refractivity contribution in [2.24, 2.45) is 5.92 Å². The molecule has 0 saturated carbocycles. The first-order valence-electron chi connectivity index (χ1n) is 5.74. The van der Waals surface area contributed by atoms with E-state index in [4.69, 9.17) is 0 Å². The van der Waals surface area contributed by atoms with Crippen molar-refractivity contribution in [3.05, 3.63) is 35.4 Å². The SMILES string of the molecule is CCCNC(c1cc(F)ccc1F)C(C)C. The zero-order valence-corrected chi connectivity index (χ0v) is 10.1. The zero-order valence-electron chi connectivity index (χ0n) is 10.1. The van der Waals surface area contributed by atoms with Gasteiger partial charge in [0.1, 0.15) is 11.6 Å². The second-order valence-electron chi connectivity index (χ2n) is 4.34. The Morgan fingerprint density at radius 1 is 1.25 bits per heavy atom. The maximum absolute atomic E-state index is 13.6. The first kappa shape index (κ1) is 13.1. The average molecular weight is 227 g/mol. The van der Waals surface area contributed by atoms with Crippen molar-refractivity contribution in [1.82, 2.24) is 5.32 Å². The summed E-state index contributed by atoms with van der Waals surface area (Å²) in [6.07, 6.45) is 0.972. The normalized spacial score (nSPS) is 13.1. The Morgan fingerprint density at radius 2 is 1.94 bits per heavy atom. The van der Waals surface area contributed by atoms with Crippen LogP contribution in [0.4, 0.5) is 8.78 Å².